The Morgan fingerprint density at radius 3 is 2.42 bits per heavy atom. The lowest BCUT2D eigenvalue weighted by Crippen LogP contribution is -2.12. The van der Waals surface area contributed by atoms with Crippen molar-refractivity contribution < 1.29 is 9.53 Å². The van der Waals surface area contributed by atoms with Crippen LogP contribution in [0.2, 0.25) is 0 Å². The van der Waals surface area contributed by atoms with Gasteiger partial charge in [0, 0.05) is 18.0 Å². The SMILES string of the molecule is Cc1ccc(NC(=O)c2ccc(OCc3ccccc3)nc2)cc1. The van der Waals surface area contributed by atoms with Gasteiger partial charge in [0.2, 0.25) is 5.88 Å². The number of amides is 1. The average molecular weight is 318 g/mol. The minimum absolute atomic E-state index is 0.194. The molecular formula is C20H18N2O2. The van der Waals surface area contributed by atoms with Crippen LogP contribution < -0.4 is 10.1 Å². The molecule has 1 aromatic heterocycles. The van der Waals surface area contributed by atoms with Crippen molar-refractivity contribution in [2.24, 2.45) is 0 Å². The number of ether oxygens (including phenoxy) is 1. The van der Waals surface area contributed by atoms with Crippen molar-refractivity contribution in [2.75, 3.05) is 5.32 Å². The maximum atomic E-state index is 12.2. The van der Waals surface area contributed by atoms with E-state index in [2.05, 4.69) is 10.3 Å². The predicted molar refractivity (Wildman–Crippen MR) is 94.1 cm³/mol. The first-order chi connectivity index (χ1) is 11.7. The minimum atomic E-state index is -0.194. The summed E-state index contributed by atoms with van der Waals surface area (Å²) in [6.07, 6.45) is 1.52. The fourth-order valence-electron chi connectivity index (χ4n) is 2.17. The minimum Gasteiger partial charge on any atom is -0.473 e. The number of nitrogens with zero attached hydrogens (tertiary/aromatic N) is 1. The molecule has 0 radical (unpaired) electrons. The molecule has 0 aliphatic rings. The van der Waals surface area contributed by atoms with Crippen LogP contribution in [0.4, 0.5) is 5.69 Å². The lowest BCUT2D eigenvalue weighted by atomic mass is 10.2. The fraction of sp³-hybridized carbons (Fsp3) is 0.100. The van der Waals surface area contributed by atoms with Gasteiger partial charge in [-0.3, -0.25) is 4.79 Å². The molecule has 0 bridgehead atoms. The normalized spacial score (nSPS) is 10.2. The zero-order valence-electron chi connectivity index (χ0n) is 13.4. The van der Waals surface area contributed by atoms with Gasteiger partial charge in [0.15, 0.2) is 0 Å². The van der Waals surface area contributed by atoms with Gasteiger partial charge in [0.1, 0.15) is 6.61 Å². The Kier molecular flexibility index (Phi) is 4.87. The lowest BCUT2D eigenvalue weighted by Gasteiger charge is -2.07. The Hall–Kier alpha value is -3.14. The summed E-state index contributed by atoms with van der Waals surface area (Å²) in [6, 6.07) is 20.9. The van der Waals surface area contributed by atoms with Gasteiger partial charge < -0.3 is 10.1 Å². The first kappa shape index (κ1) is 15.7. The first-order valence-electron chi connectivity index (χ1n) is 7.71. The predicted octanol–water partition coefficient (Wildman–Crippen LogP) is 4.22. The molecule has 3 rings (SSSR count). The third-order valence-electron chi connectivity index (χ3n) is 3.54. The summed E-state index contributed by atoms with van der Waals surface area (Å²) in [5.74, 6) is 0.298. The van der Waals surface area contributed by atoms with E-state index in [1.165, 1.54) is 6.20 Å². The van der Waals surface area contributed by atoms with Gasteiger partial charge in [-0.15, -0.1) is 0 Å². The largest absolute Gasteiger partial charge is 0.473 e. The highest BCUT2D eigenvalue weighted by Crippen LogP contribution is 2.13. The molecule has 0 unspecified atom stereocenters. The number of aryl methyl sites for hydroxylation is 1. The summed E-state index contributed by atoms with van der Waals surface area (Å²) >= 11 is 0. The highest BCUT2D eigenvalue weighted by molar-refractivity contribution is 6.04. The van der Waals surface area contributed by atoms with Gasteiger partial charge in [0.25, 0.3) is 5.91 Å². The van der Waals surface area contributed by atoms with Crippen LogP contribution in [0.15, 0.2) is 72.9 Å². The van der Waals surface area contributed by atoms with Crippen LogP contribution >= 0.6 is 0 Å². The van der Waals surface area contributed by atoms with Gasteiger partial charge in [0.05, 0.1) is 5.56 Å². The van der Waals surface area contributed by atoms with Crippen LogP contribution in [0.3, 0.4) is 0 Å². The van der Waals surface area contributed by atoms with E-state index in [1.807, 2.05) is 61.5 Å². The van der Waals surface area contributed by atoms with Crippen molar-refractivity contribution in [1.82, 2.24) is 4.98 Å². The Labute approximate surface area is 141 Å². The Morgan fingerprint density at radius 1 is 1.00 bits per heavy atom. The highest BCUT2D eigenvalue weighted by Gasteiger charge is 2.07. The summed E-state index contributed by atoms with van der Waals surface area (Å²) in [5, 5.41) is 2.84. The van der Waals surface area contributed by atoms with Crippen LogP contribution in [-0.4, -0.2) is 10.9 Å². The third-order valence-corrected chi connectivity index (χ3v) is 3.54. The molecule has 24 heavy (non-hydrogen) atoms. The van der Waals surface area contributed by atoms with Gasteiger partial charge in [-0.25, -0.2) is 4.98 Å². The molecule has 1 N–H and O–H groups in total. The summed E-state index contributed by atoms with van der Waals surface area (Å²) in [6.45, 7) is 2.45. The molecule has 0 saturated carbocycles. The summed E-state index contributed by atoms with van der Waals surface area (Å²) in [4.78, 5) is 16.4. The second-order valence-electron chi connectivity index (χ2n) is 5.48. The van der Waals surface area contributed by atoms with E-state index in [0.29, 0.717) is 18.1 Å². The smallest absolute Gasteiger partial charge is 0.257 e. The zero-order chi connectivity index (χ0) is 16.8. The van der Waals surface area contributed by atoms with E-state index in [9.17, 15) is 4.79 Å². The number of carbonyl (C=O) groups is 1. The van der Waals surface area contributed by atoms with Crippen molar-refractivity contribution in [3.05, 3.63) is 89.6 Å². The Balaban J connectivity index is 1.59. The Morgan fingerprint density at radius 2 is 1.75 bits per heavy atom. The number of nitrogens with one attached hydrogen (secondary N) is 1. The lowest BCUT2D eigenvalue weighted by molar-refractivity contribution is 0.102. The van der Waals surface area contributed by atoms with Gasteiger partial charge in [-0.05, 0) is 30.7 Å². The molecule has 1 amide bonds. The molecule has 0 aliphatic carbocycles. The summed E-state index contributed by atoms with van der Waals surface area (Å²) < 4.78 is 5.62. The van der Waals surface area contributed by atoms with Crippen molar-refractivity contribution in [1.29, 1.82) is 0 Å². The van der Waals surface area contributed by atoms with Crippen LogP contribution in [0.5, 0.6) is 5.88 Å². The number of aromatic nitrogens is 1. The number of carbonyl (C=O) groups excluding carboxylic acids is 1. The highest BCUT2D eigenvalue weighted by atomic mass is 16.5. The van der Waals surface area contributed by atoms with Gasteiger partial charge in [-0.2, -0.15) is 0 Å². The molecular weight excluding hydrogens is 300 g/mol. The molecule has 0 saturated heterocycles. The monoisotopic (exact) mass is 318 g/mol. The number of pyridine rings is 1. The molecule has 0 atom stereocenters. The van der Waals surface area contributed by atoms with Crippen LogP contribution in [0.1, 0.15) is 21.5 Å². The second kappa shape index (κ2) is 7.42. The summed E-state index contributed by atoms with van der Waals surface area (Å²) in [7, 11) is 0. The molecule has 4 nitrogen and oxygen atoms in total. The number of benzene rings is 2. The van der Waals surface area contributed by atoms with E-state index in [0.717, 1.165) is 16.8 Å². The average Bonchev–Trinajstić information content (AvgIpc) is 2.63. The van der Waals surface area contributed by atoms with Crippen molar-refractivity contribution >= 4 is 11.6 Å². The van der Waals surface area contributed by atoms with E-state index in [1.54, 1.807) is 12.1 Å². The molecule has 1 heterocycles. The van der Waals surface area contributed by atoms with Crippen LogP contribution in [-0.2, 0) is 6.61 Å². The number of rotatable bonds is 5. The van der Waals surface area contributed by atoms with Crippen molar-refractivity contribution in [2.45, 2.75) is 13.5 Å². The van der Waals surface area contributed by atoms with E-state index in [-0.39, 0.29) is 5.91 Å². The van der Waals surface area contributed by atoms with Crippen LogP contribution in [0, 0.1) is 6.92 Å². The molecule has 3 aromatic rings. The molecule has 0 aliphatic heterocycles. The molecule has 120 valence electrons. The summed E-state index contributed by atoms with van der Waals surface area (Å²) in [5.41, 5.74) is 3.47. The van der Waals surface area contributed by atoms with Gasteiger partial charge >= 0.3 is 0 Å². The first-order valence-corrected chi connectivity index (χ1v) is 7.71. The maximum absolute atomic E-state index is 12.2. The van der Waals surface area contributed by atoms with Crippen molar-refractivity contribution in [3.63, 3.8) is 0 Å². The maximum Gasteiger partial charge on any atom is 0.257 e. The fourth-order valence-corrected chi connectivity index (χ4v) is 2.17. The third kappa shape index (κ3) is 4.20. The zero-order valence-corrected chi connectivity index (χ0v) is 13.4. The molecule has 0 spiro atoms. The van der Waals surface area contributed by atoms with Crippen LogP contribution in [0.25, 0.3) is 0 Å². The van der Waals surface area contributed by atoms with Crippen molar-refractivity contribution in [3.8, 4) is 5.88 Å². The quantitative estimate of drug-likeness (QED) is 0.766. The second-order valence-corrected chi connectivity index (χ2v) is 5.48. The van der Waals surface area contributed by atoms with Gasteiger partial charge in [-0.1, -0.05) is 48.0 Å². The van der Waals surface area contributed by atoms with E-state index in [4.69, 9.17) is 4.74 Å². The molecule has 0 fully saturated rings. The standard InChI is InChI=1S/C20H18N2O2/c1-15-7-10-18(11-8-15)22-20(23)17-9-12-19(21-13-17)24-14-16-5-3-2-4-6-16/h2-13H,14H2,1H3,(H,22,23). The molecule has 2 aromatic carbocycles. The number of hydrogen-bond acceptors (Lipinski definition) is 3. The molecule has 4 heteroatoms. The van der Waals surface area contributed by atoms with E-state index >= 15 is 0 Å². The number of hydrogen-bond donors (Lipinski definition) is 1. The van der Waals surface area contributed by atoms with E-state index < -0.39 is 0 Å². The Bertz CT molecular complexity index is 797. The number of anilines is 1. The topological polar surface area (TPSA) is 51.2 Å².